The smallest absolute Gasteiger partial charge is 0.242 e. The van der Waals surface area contributed by atoms with Crippen LogP contribution in [0.15, 0.2) is 17.2 Å². The summed E-state index contributed by atoms with van der Waals surface area (Å²) in [6, 6.07) is 1.20. The summed E-state index contributed by atoms with van der Waals surface area (Å²) in [7, 11) is -1.95. The summed E-state index contributed by atoms with van der Waals surface area (Å²) >= 11 is 5.98. The number of anilines is 1. The molecule has 2 N–H and O–H groups in total. The lowest BCUT2D eigenvalue weighted by atomic mass is 10.3. The monoisotopic (exact) mass is 334 g/mol. The van der Waals surface area contributed by atoms with Gasteiger partial charge in [0.1, 0.15) is 10.7 Å². The molecule has 0 spiro atoms. The van der Waals surface area contributed by atoms with E-state index in [4.69, 9.17) is 11.6 Å². The molecule has 0 saturated heterocycles. The van der Waals surface area contributed by atoms with E-state index in [0.717, 1.165) is 13.1 Å². The minimum Gasteiger partial charge on any atom is -0.372 e. The molecular formula is C13H23ClN4O2S. The van der Waals surface area contributed by atoms with Crippen LogP contribution in [-0.2, 0) is 10.0 Å². The van der Waals surface area contributed by atoms with Crippen LogP contribution in [-0.4, -0.2) is 51.0 Å². The van der Waals surface area contributed by atoms with Gasteiger partial charge in [-0.1, -0.05) is 25.4 Å². The second kappa shape index (κ2) is 7.93. The first-order chi connectivity index (χ1) is 9.83. The van der Waals surface area contributed by atoms with Crippen molar-refractivity contribution in [3.05, 3.63) is 17.3 Å². The maximum Gasteiger partial charge on any atom is 0.242 e. The van der Waals surface area contributed by atoms with Crippen molar-refractivity contribution in [1.29, 1.82) is 0 Å². The van der Waals surface area contributed by atoms with Gasteiger partial charge >= 0.3 is 0 Å². The summed E-state index contributed by atoms with van der Waals surface area (Å²) < 4.78 is 27.3. The molecule has 1 rings (SSSR count). The van der Waals surface area contributed by atoms with Gasteiger partial charge in [0.25, 0.3) is 0 Å². The van der Waals surface area contributed by atoms with Gasteiger partial charge in [-0.05, 0) is 26.1 Å². The molecule has 0 fully saturated rings. The molecule has 0 aromatic carbocycles. The largest absolute Gasteiger partial charge is 0.372 e. The van der Waals surface area contributed by atoms with Crippen LogP contribution in [0.1, 0.15) is 20.8 Å². The molecule has 0 aliphatic rings. The summed E-state index contributed by atoms with van der Waals surface area (Å²) in [5, 5.41) is 3.07. The molecule has 1 aromatic rings. The van der Waals surface area contributed by atoms with Crippen LogP contribution in [0.2, 0.25) is 5.02 Å². The highest BCUT2D eigenvalue weighted by atomic mass is 35.5. The van der Waals surface area contributed by atoms with Gasteiger partial charge in [-0.2, -0.15) is 0 Å². The first kappa shape index (κ1) is 18.2. The molecule has 120 valence electrons. The maximum atomic E-state index is 12.3. The lowest BCUT2D eigenvalue weighted by Gasteiger charge is -2.23. The van der Waals surface area contributed by atoms with Crippen molar-refractivity contribution in [1.82, 2.24) is 14.6 Å². The van der Waals surface area contributed by atoms with Crippen LogP contribution in [0, 0.1) is 0 Å². The van der Waals surface area contributed by atoms with Gasteiger partial charge in [0.15, 0.2) is 0 Å². The minimum atomic E-state index is -3.62. The number of nitrogens with zero attached hydrogens (tertiary/aromatic N) is 2. The highest BCUT2D eigenvalue weighted by Gasteiger charge is 2.20. The number of likely N-dealkylation sites (N-methyl/N-ethyl adjacent to an activating group) is 1. The van der Waals surface area contributed by atoms with Gasteiger partial charge in [-0.3, -0.25) is 0 Å². The van der Waals surface area contributed by atoms with Crippen LogP contribution in [0.5, 0.6) is 0 Å². The second-order valence-electron chi connectivity index (χ2n) is 4.76. The molecule has 21 heavy (non-hydrogen) atoms. The van der Waals surface area contributed by atoms with Gasteiger partial charge in [-0.25, -0.2) is 18.1 Å². The van der Waals surface area contributed by atoms with Crippen molar-refractivity contribution in [2.75, 3.05) is 32.0 Å². The van der Waals surface area contributed by atoms with E-state index >= 15 is 0 Å². The van der Waals surface area contributed by atoms with E-state index in [9.17, 15) is 8.42 Å². The Labute approximate surface area is 131 Å². The average Bonchev–Trinajstić information content (AvgIpc) is 2.44. The normalized spacial score (nSPS) is 13.4. The zero-order valence-corrected chi connectivity index (χ0v) is 14.4. The Kier molecular flexibility index (Phi) is 6.86. The van der Waals surface area contributed by atoms with Crippen molar-refractivity contribution >= 4 is 27.4 Å². The average molecular weight is 335 g/mol. The summed E-state index contributed by atoms with van der Waals surface area (Å²) in [5.74, 6) is 0.451. The highest BCUT2D eigenvalue weighted by Crippen LogP contribution is 2.22. The summed E-state index contributed by atoms with van der Waals surface area (Å²) in [5.41, 5.74) is 0. The predicted octanol–water partition coefficient (Wildman–Crippen LogP) is 1.79. The third-order valence-corrected chi connectivity index (χ3v) is 4.99. The minimum absolute atomic E-state index is 0.0675. The Bertz CT molecular complexity index is 561. The molecule has 0 radical (unpaired) electrons. The van der Waals surface area contributed by atoms with E-state index < -0.39 is 10.0 Å². The molecule has 0 aliphatic carbocycles. The summed E-state index contributed by atoms with van der Waals surface area (Å²) in [6.45, 7) is 8.35. The van der Waals surface area contributed by atoms with Gasteiger partial charge in [-0.15, -0.1) is 0 Å². The van der Waals surface area contributed by atoms with Crippen LogP contribution >= 0.6 is 11.6 Å². The molecule has 0 saturated carbocycles. The molecule has 1 unspecified atom stereocenters. The number of aromatic nitrogens is 1. The van der Waals surface area contributed by atoms with Crippen LogP contribution in [0.4, 0.5) is 5.82 Å². The zero-order chi connectivity index (χ0) is 16.0. The molecule has 1 aromatic heterocycles. The fourth-order valence-corrected chi connectivity index (χ4v) is 3.52. The maximum absolute atomic E-state index is 12.3. The van der Waals surface area contributed by atoms with Crippen molar-refractivity contribution in [3.63, 3.8) is 0 Å². The van der Waals surface area contributed by atoms with Crippen molar-refractivity contribution in [3.8, 4) is 0 Å². The molecule has 0 aliphatic heterocycles. The Morgan fingerprint density at radius 2 is 2.00 bits per heavy atom. The molecular weight excluding hydrogens is 312 g/mol. The van der Waals surface area contributed by atoms with E-state index in [1.165, 1.54) is 12.3 Å². The van der Waals surface area contributed by atoms with Crippen LogP contribution < -0.4 is 10.0 Å². The van der Waals surface area contributed by atoms with Gasteiger partial charge in [0.2, 0.25) is 10.0 Å². The lowest BCUT2D eigenvalue weighted by molar-refractivity contribution is 0.282. The first-order valence-corrected chi connectivity index (χ1v) is 8.78. The third kappa shape index (κ3) is 5.10. The first-order valence-electron chi connectivity index (χ1n) is 6.92. The number of sulfonamides is 1. The van der Waals surface area contributed by atoms with Gasteiger partial charge < -0.3 is 10.2 Å². The van der Waals surface area contributed by atoms with Gasteiger partial charge in [0.05, 0.1) is 5.02 Å². The Morgan fingerprint density at radius 3 is 2.48 bits per heavy atom. The second-order valence-corrected chi connectivity index (χ2v) is 6.88. The SMILES string of the molecule is CCN(CC)CC(C)NS(=O)(=O)c1cnc(NC)c(Cl)c1. The van der Waals surface area contributed by atoms with Crippen molar-refractivity contribution in [2.45, 2.75) is 31.7 Å². The molecule has 1 heterocycles. The van der Waals surface area contributed by atoms with Crippen molar-refractivity contribution < 1.29 is 8.42 Å². The fourth-order valence-electron chi connectivity index (χ4n) is 1.99. The van der Waals surface area contributed by atoms with Crippen LogP contribution in [0.25, 0.3) is 0 Å². The molecule has 0 amide bonds. The topological polar surface area (TPSA) is 74.3 Å². The number of pyridine rings is 1. The summed E-state index contributed by atoms with van der Waals surface area (Å²) in [6.07, 6.45) is 1.30. The van der Waals surface area contributed by atoms with E-state index in [0.29, 0.717) is 12.4 Å². The number of nitrogens with one attached hydrogen (secondary N) is 2. The highest BCUT2D eigenvalue weighted by molar-refractivity contribution is 7.89. The van der Waals surface area contributed by atoms with E-state index in [1.54, 1.807) is 7.05 Å². The van der Waals surface area contributed by atoms with E-state index in [2.05, 4.69) is 19.9 Å². The Morgan fingerprint density at radius 1 is 1.38 bits per heavy atom. The van der Waals surface area contributed by atoms with Crippen LogP contribution in [0.3, 0.4) is 0 Å². The van der Waals surface area contributed by atoms with E-state index in [-0.39, 0.29) is 16.0 Å². The molecule has 1 atom stereocenters. The molecule has 0 bridgehead atoms. The number of rotatable bonds is 8. The summed E-state index contributed by atoms with van der Waals surface area (Å²) in [4.78, 5) is 6.21. The van der Waals surface area contributed by atoms with E-state index in [1.807, 2.05) is 20.8 Å². The Hall–Kier alpha value is -0.890. The third-order valence-electron chi connectivity index (χ3n) is 3.15. The molecule has 8 heteroatoms. The fraction of sp³-hybridized carbons (Fsp3) is 0.615. The number of hydrogen-bond acceptors (Lipinski definition) is 5. The quantitative estimate of drug-likeness (QED) is 0.758. The standard InChI is InChI=1S/C13H23ClN4O2S/c1-5-18(6-2)9-10(3)17-21(19,20)11-7-12(14)13(15-4)16-8-11/h7-8,10,17H,5-6,9H2,1-4H3,(H,15,16). The number of hydrogen-bond donors (Lipinski definition) is 2. The number of halogens is 1. The van der Waals surface area contributed by atoms with Gasteiger partial charge in [0, 0.05) is 25.8 Å². The predicted molar refractivity (Wildman–Crippen MR) is 86.4 cm³/mol. The van der Waals surface area contributed by atoms with Crippen molar-refractivity contribution in [2.24, 2.45) is 0 Å². The lowest BCUT2D eigenvalue weighted by Crippen LogP contribution is -2.41. The molecule has 6 nitrogen and oxygen atoms in total. The Balaban J connectivity index is 2.84. The zero-order valence-electron chi connectivity index (χ0n) is 12.9.